The Kier molecular flexibility index (Phi) is 7.33. The maximum atomic E-state index is 12.7. The molecule has 0 radical (unpaired) electrons. The number of aliphatic hydroxyl groups is 1. The van der Waals surface area contributed by atoms with Crippen molar-refractivity contribution in [2.45, 2.75) is 38.1 Å². The predicted octanol–water partition coefficient (Wildman–Crippen LogP) is 2.89. The average Bonchev–Trinajstić information content (AvgIpc) is 2.99. The molecule has 29 heavy (non-hydrogen) atoms. The highest BCUT2D eigenvalue weighted by Crippen LogP contribution is 2.33. The SMILES string of the molecule is COc1cccc(/C=C2\SC(=O)N(CCC(=O)N3CCCC[C@H]3CCO)C2=O)c1. The molecule has 0 spiro atoms. The Hall–Kier alpha value is -2.32. The van der Waals surface area contributed by atoms with Crippen molar-refractivity contribution in [2.24, 2.45) is 0 Å². The standard InChI is InChI=1S/C21H26N2O5S/c1-28-17-7-4-5-15(13-17)14-18-20(26)23(21(27)29-18)11-8-19(25)22-10-3-2-6-16(22)9-12-24/h4-5,7,13-14,16,24H,2-3,6,8-12H2,1H3/b18-14-/t16-/m0/s1. The zero-order valence-corrected chi connectivity index (χ0v) is 17.3. The molecule has 2 aliphatic rings. The van der Waals surface area contributed by atoms with Crippen LogP contribution >= 0.6 is 11.8 Å². The Morgan fingerprint density at radius 1 is 1.34 bits per heavy atom. The zero-order chi connectivity index (χ0) is 20.8. The third kappa shape index (κ3) is 5.19. The second-order valence-corrected chi connectivity index (χ2v) is 8.10. The summed E-state index contributed by atoms with van der Waals surface area (Å²) < 4.78 is 5.18. The first-order valence-electron chi connectivity index (χ1n) is 9.83. The van der Waals surface area contributed by atoms with E-state index in [0.29, 0.717) is 23.6 Å². The molecule has 0 unspecified atom stereocenters. The molecule has 0 bridgehead atoms. The Balaban J connectivity index is 1.62. The fourth-order valence-electron chi connectivity index (χ4n) is 3.70. The lowest BCUT2D eigenvalue weighted by atomic mass is 9.99. The number of carbonyl (C=O) groups excluding carboxylic acids is 3. The lowest BCUT2D eigenvalue weighted by Crippen LogP contribution is -2.45. The van der Waals surface area contributed by atoms with Crippen molar-refractivity contribution in [1.82, 2.24) is 9.80 Å². The van der Waals surface area contributed by atoms with Crippen molar-refractivity contribution < 1.29 is 24.2 Å². The molecule has 3 amide bonds. The molecular weight excluding hydrogens is 392 g/mol. The molecule has 7 nitrogen and oxygen atoms in total. The van der Waals surface area contributed by atoms with Crippen LogP contribution in [0.5, 0.6) is 5.75 Å². The Labute approximate surface area is 174 Å². The number of imide groups is 1. The van der Waals surface area contributed by atoms with Crippen molar-refractivity contribution in [1.29, 1.82) is 0 Å². The molecule has 2 saturated heterocycles. The van der Waals surface area contributed by atoms with Gasteiger partial charge in [-0.3, -0.25) is 19.3 Å². The number of carbonyl (C=O) groups is 3. The van der Waals surface area contributed by atoms with Crippen molar-refractivity contribution >= 4 is 34.9 Å². The number of amides is 3. The van der Waals surface area contributed by atoms with E-state index in [-0.39, 0.29) is 42.7 Å². The number of benzene rings is 1. The van der Waals surface area contributed by atoms with Gasteiger partial charge >= 0.3 is 0 Å². The van der Waals surface area contributed by atoms with E-state index in [1.165, 1.54) is 0 Å². The number of ether oxygens (including phenoxy) is 1. The molecule has 1 N–H and O–H groups in total. The minimum absolute atomic E-state index is 0.0455. The fraction of sp³-hybridized carbons (Fsp3) is 0.476. The van der Waals surface area contributed by atoms with Crippen LogP contribution in [0.3, 0.4) is 0 Å². The Bertz CT molecular complexity index is 808. The molecule has 0 aliphatic carbocycles. The third-order valence-corrected chi connectivity index (χ3v) is 6.13. The summed E-state index contributed by atoms with van der Waals surface area (Å²) in [5, 5.41) is 8.86. The second kappa shape index (κ2) is 9.93. The van der Waals surface area contributed by atoms with Gasteiger partial charge in [-0.05, 0) is 61.2 Å². The summed E-state index contributed by atoms with van der Waals surface area (Å²) in [5.41, 5.74) is 0.770. The van der Waals surface area contributed by atoms with E-state index in [0.717, 1.165) is 41.5 Å². The Morgan fingerprint density at radius 3 is 2.93 bits per heavy atom. The van der Waals surface area contributed by atoms with Crippen molar-refractivity contribution in [3.63, 3.8) is 0 Å². The van der Waals surface area contributed by atoms with E-state index in [1.54, 1.807) is 30.2 Å². The smallest absolute Gasteiger partial charge is 0.293 e. The number of aliphatic hydroxyl groups excluding tert-OH is 1. The molecule has 0 aromatic heterocycles. The van der Waals surface area contributed by atoms with E-state index in [2.05, 4.69) is 0 Å². The van der Waals surface area contributed by atoms with Gasteiger partial charge in [-0.25, -0.2) is 0 Å². The normalized spacial score (nSPS) is 21.2. The van der Waals surface area contributed by atoms with E-state index in [9.17, 15) is 19.5 Å². The lowest BCUT2D eigenvalue weighted by molar-refractivity contribution is -0.135. The highest BCUT2D eigenvalue weighted by atomic mass is 32.2. The van der Waals surface area contributed by atoms with Crippen LogP contribution in [0.4, 0.5) is 4.79 Å². The topological polar surface area (TPSA) is 87.2 Å². The van der Waals surface area contributed by atoms with Crippen molar-refractivity contribution in [3.8, 4) is 5.75 Å². The number of hydrogen-bond donors (Lipinski definition) is 1. The van der Waals surface area contributed by atoms with E-state index in [1.807, 2.05) is 12.1 Å². The highest BCUT2D eigenvalue weighted by Gasteiger charge is 2.36. The van der Waals surface area contributed by atoms with Gasteiger partial charge in [0, 0.05) is 32.2 Å². The quantitative estimate of drug-likeness (QED) is 0.685. The van der Waals surface area contributed by atoms with E-state index in [4.69, 9.17) is 4.74 Å². The first-order chi connectivity index (χ1) is 14.0. The molecule has 3 rings (SSSR count). The molecule has 1 atom stereocenters. The van der Waals surface area contributed by atoms with Gasteiger partial charge < -0.3 is 14.7 Å². The number of rotatable bonds is 7. The number of piperidine rings is 1. The van der Waals surface area contributed by atoms with Gasteiger partial charge in [0.1, 0.15) is 5.75 Å². The molecule has 0 saturated carbocycles. The number of likely N-dealkylation sites (tertiary alicyclic amines) is 1. The van der Waals surface area contributed by atoms with Crippen LogP contribution in [0.1, 0.15) is 37.7 Å². The van der Waals surface area contributed by atoms with Gasteiger partial charge in [-0.15, -0.1) is 0 Å². The van der Waals surface area contributed by atoms with Crippen LogP contribution in [-0.2, 0) is 9.59 Å². The van der Waals surface area contributed by atoms with Gasteiger partial charge in [-0.1, -0.05) is 12.1 Å². The van der Waals surface area contributed by atoms with Gasteiger partial charge in [0.05, 0.1) is 12.0 Å². The van der Waals surface area contributed by atoms with Gasteiger partial charge in [0.25, 0.3) is 11.1 Å². The summed E-state index contributed by atoms with van der Waals surface area (Å²) in [6.07, 6.45) is 5.21. The highest BCUT2D eigenvalue weighted by molar-refractivity contribution is 8.18. The molecule has 156 valence electrons. The Morgan fingerprint density at radius 2 is 2.17 bits per heavy atom. The molecule has 1 aromatic rings. The summed E-state index contributed by atoms with van der Waals surface area (Å²) in [4.78, 5) is 40.9. The van der Waals surface area contributed by atoms with Crippen LogP contribution in [0.2, 0.25) is 0 Å². The van der Waals surface area contributed by atoms with E-state index < -0.39 is 0 Å². The van der Waals surface area contributed by atoms with Gasteiger partial charge in [0.2, 0.25) is 5.91 Å². The number of thioether (sulfide) groups is 1. The van der Waals surface area contributed by atoms with Crippen LogP contribution in [0, 0.1) is 0 Å². The fourth-order valence-corrected chi connectivity index (χ4v) is 4.57. The molecule has 2 fully saturated rings. The minimum atomic E-state index is -0.374. The van der Waals surface area contributed by atoms with Crippen LogP contribution in [0.15, 0.2) is 29.2 Å². The minimum Gasteiger partial charge on any atom is -0.497 e. The number of methoxy groups -OCH3 is 1. The number of nitrogens with zero attached hydrogens (tertiary/aromatic N) is 2. The third-order valence-electron chi connectivity index (χ3n) is 5.22. The van der Waals surface area contributed by atoms with Crippen molar-refractivity contribution in [2.75, 3.05) is 26.8 Å². The monoisotopic (exact) mass is 418 g/mol. The van der Waals surface area contributed by atoms with E-state index >= 15 is 0 Å². The molecule has 2 aliphatic heterocycles. The second-order valence-electron chi connectivity index (χ2n) is 7.11. The average molecular weight is 419 g/mol. The maximum absolute atomic E-state index is 12.7. The summed E-state index contributed by atoms with van der Waals surface area (Å²) in [6.45, 7) is 0.787. The van der Waals surface area contributed by atoms with Crippen LogP contribution < -0.4 is 4.74 Å². The molecule has 2 heterocycles. The van der Waals surface area contributed by atoms with Gasteiger partial charge in [-0.2, -0.15) is 0 Å². The number of hydrogen-bond acceptors (Lipinski definition) is 6. The van der Waals surface area contributed by atoms with Crippen LogP contribution in [-0.4, -0.2) is 64.8 Å². The summed E-state index contributed by atoms with van der Waals surface area (Å²) >= 11 is 0.886. The molecule has 8 heteroatoms. The van der Waals surface area contributed by atoms with Crippen molar-refractivity contribution in [3.05, 3.63) is 34.7 Å². The zero-order valence-electron chi connectivity index (χ0n) is 16.5. The summed E-state index contributed by atoms with van der Waals surface area (Å²) in [6, 6.07) is 7.28. The largest absolute Gasteiger partial charge is 0.497 e. The summed E-state index contributed by atoms with van der Waals surface area (Å²) in [5.74, 6) is 0.225. The molecule has 1 aromatic carbocycles. The lowest BCUT2D eigenvalue weighted by Gasteiger charge is -2.36. The molecular formula is C21H26N2O5S. The first-order valence-corrected chi connectivity index (χ1v) is 10.6. The predicted molar refractivity (Wildman–Crippen MR) is 111 cm³/mol. The van der Waals surface area contributed by atoms with Crippen LogP contribution in [0.25, 0.3) is 6.08 Å². The van der Waals surface area contributed by atoms with Gasteiger partial charge in [0.15, 0.2) is 0 Å². The maximum Gasteiger partial charge on any atom is 0.293 e. The first kappa shape index (κ1) is 21.4. The summed E-state index contributed by atoms with van der Waals surface area (Å²) in [7, 11) is 1.57.